The van der Waals surface area contributed by atoms with Gasteiger partial charge in [-0.05, 0) is 31.6 Å². The van der Waals surface area contributed by atoms with Gasteiger partial charge < -0.3 is 0 Å². The van der Waals surface area contributed by atoms with Gasteiger partial charge in [0.1, 0.15) is 0 Å². The molecule has 0 bridgehead atoms. The van der Waals surface area contributed by atoms with Crippen molar-refractivity contribution in [3.63, 3.8) is 0 Å². The molecule has 0 aromatic rings. The van der Waals surface area contributed by atoms with Gasteiger partial charge >= 0.3 is 0 Å². The molecule has 0 spiro atoms. The minimum absolute atomic E-state index is 0.440. The first-order chi connectivity index (χ1) is 6.79. The van der Waals surface area contributed by atoms with Crippen molar-refractivity contribution < 1.29 is 0 Å². The quantitative estimate of drug-likeness (QED) is 0.681. The van der Waals surface area contributed by atoms with E-state index in [9.17, 15) is 0 Å². The van der Waals surface area contributed by atoms with Gasteiger partial charge in [-0.25, -0.2) is 0 Å². The number of hydrogen-bond donors (Lipinski definition) is 0. The maximum atomic E-state index is 2.68. The molecule has 2 aliphatic heterocycles. The Morgan fingerprint density at radius 1 is 1.13 bits per heavy atom. The van der Waals surface area contributed by atoms with Crippen molar-refractivity contribution >= 4 is 11.8 Å². The predicted molar refractivity (Wildman–Crippen MR) is 69.5 cm³/mol. The molecule has 0 aromatic carbocycles. The number of hydrogen-bond acceptors (Lipinski definition) is 2. The summed E-state index contributed by atoms with van der Waals surface area (Å²) in [4.78, 5) is 2.68. The van der Waals surface area contributed by atoms with Gasteiger partial charge in [-0.3, -0.25) is 4.90 Å². The van der Waals surface area contributed by atoms with Gasteiger partial charge in [-0.2, -0.15) is 11.8 Å². The van der Waals surface area contributed by atoms with Gasteiger partial charge in [0.25, 0.3) is 0 Å². The molecule has 2 heteroatoms. The van der Waals surface area contributed by atoms with E-state index in [4.69, 9.17) is 0 Å². The minimum Gasteiger partial charge on any atom is -0.297 e. The Bertz CT molecular complexity index is 231. The van der Waals surface area contributed by atoms with E-state index in [1.807, 2.05) is 0 Å². The molecule has 0 aliphatic carbocycles. The van der Waals surface area contributed by atoms with Crippen molar-refractivity contribution in [1.29, 1.82) is 0 Å². The lowest BCUT2D eigenvalue weighted by Crippen LogP contribution is -2.60. The van der Waals surface area contributed by atoms with Crippen molar-refractivity contribution in [2.45, 2.75) is 51.8 Å². The summed E-state index contributed by atoms with van der Waals surface area (Å²) in [7, 11) is 0. The maximum Gasteiger partial charge on any atom is 0.0164 e. The summed E-state index contributed by atoms with van der Waals surface area (Å²) >= 11 is 2.13. The molecule has 0 radical (unpaired) electrons. The molecular weight excluding hydrogens is 202 g/mol. The van der Waals surface area contributed by atoms with Gasteiger partial charge in [0.15, 0.2) is 0 Å². The summed E-state index contributed by atoms with van der Waals surface area (Å²) < 4.78 is 0. The lowest BCUT2D eigenvalue weighted by Gasteiger charge is -2.53. The van der Waals surface area contributed by atoms with Crippen molar-refractivity contribution in [3.8, 4) is 0 Å². The summed E-state index contributed by atoms with van der Waals surface area (Å²) in [5.41, 5.74) is 0.941. The predicted octanol–water partition coefficient (Wildman–Crippen LogP) is 3.25. The van der Waals surface area contributed by atoms with Crippen molar-refractivity contribution in [2.24, 2.45) is 11.3 Å². The smallest absolute Gasteiger partial charge is 0.0164 e. The number of nitrogens with zero attached hydrogens (tertiary/aromatic N) is 1. The van der Waals surface area contributed by atoms with E-state index in [0.29, 0.717) is 11.0 Å². The third-order valence-electron chi connectivity index (χ3n) is 4.09. The molecule has 0 N–H and O–H groups in total. The highest BCUT2D eigenvalue weighted by molar-refractivity contribution is 8.06. The van der Waals surface area contributed by atoms with Crippen LogP contribution in [0.4, 0.5) is 0 Å². The molecule has 2 rings (SSSR count). The Kier molecular flexibility index (Phi) is 2.88. The highest BCUT2D eigenvalue weighted by Gasteiger charge is 2.44. The fraction of sp³-hybridized carbons (Fsp3) is 1.00. The van der Waals surface area contributed by atoms with E-state index >= 15 is 0 Å². The zero-order valence-corrected chi connectivity index (χ0v) is 11.7. The summed E-state index contributed by atoms with van der Waals surface area (Å²) in [6, 6.07) is 0. The monoisotopic (exact) mass is 227 g/mol. The second-order valence-electron chi connectivity index (χ2n) is 6.94. The van der Waals surface area contributed by atoms with Crippen molar-refractivity contribution in [1.82, 2.24) is 4.90 Å². The van der Waals surface area contributed by atoms with Gasteiger partial charge in [0.05, 0.1) is 0 Å². The molecule has 1 nitrogen and oxygen atoms in total. The molecule has 2 fully saturated rings. The van der Waals surface area contributed by atoms with E-state index in [-0.39, 0.29) is 0 Å². The Hall–Kier alpha value is 0.310. The highest BCUT2D eigenvalue weighted by Crippen LogP contribution is 2.43. The SMILES string of the molecule is CC(C)(C)C1CN(C(C)(C)CC2CS2)C1. The second-order valence-corrected chi connectivity index (χ2v) is 8.27. The number of likely N-dealkylation sites (tertiary alicyclic amines) is 1. The Morgan fingerprint density at radius 2 is 1.67 bits per heavy atom. The van der Waals surface area contributed by atoms with E-state index < -0.39 is 0 Å². The maximum absolute atomic E-state index is 2.68. The van der Waals surface area contributed by atoms with Crippen LogP contribution in [0.15, 0.2) is 0 Å². The van der Waals surface area contributed by atoms with Crippen LogP contribution < -0.4 is 0 Å². The molecule has 1 unspecified atom stereocenters. The fourth-order valence-corrected chi connectivity index (χ4v) is 3.17. The molecule has 2 aliphatic rings. The topological polar surface area (TPSA) is 3.24 Å². The van der Waals surface area contributed by atoms with Crippen LogP contribution in [0.25, 0.3) is 0 Å². The summed E-state index contributed by atoms with van der Waals surface area (Å²) in [5.74, 6) is 2.31. The molecule has 0 amide bonds. The molecule has 2 saturated heterocycles. The first-order valence-corrected chi connectivity index (χ1v) is 7.20. The fourth-order valence-electron chi connectivity index (χ4n) is 2.39. The van der Waals surface area contributed by atoms with Crippen molar-refractivity contribution in [3.05, 3.63) is 0 Å². The van der Waals surface area contributed by atoms with Crippen molar-refractivity contribution in [2.75, 3.05) is 18.8 Å². The van der Waals surface area contributed by atoms with Crippen LogP contribution in [0.5, 0.6) is 0 Å². The average molecular weight is 227 g/mol. The number of rotatable bonds is 3. The summed E-state index contributed by atoms with van der Waals surface area (Å²) in [6.45, 7) is 14.6. The molecule has 15 heavy (non-hydrogen) atoms. The molecule has 2 heterocycles. The van der Waals surface area contributed by atoms with E-state index in [2.05, 4.69) is 51.3 Å². The normalized spacial score (nSPS) is 29.0. The van der Waals surface area contributed by atoms with Gasteiger partial charge in [-0.15, -0.1) is 0 Å². The first kappa shape index (κ1) is 11.8. The Morgan fingerprint density at radius 3 is 2.07 bits per heavy atom. The Balaban J connectivity index is 1.82. The molecule has 88 valence electrons. The van der Waals surface area contributed by atoms with Crippen LogP contribution in [0.2, 0.25) is 0 Å². The molecular formula is C13H25NS. The van der Waals surface area contributed by atoms with Crippen LogP contribution in [0.3, 0.4) is 0 Å². The van der Waals surface area contributed by atoms with Gasteiger partial charge in [-0.1, -0.05) is 20.8 Å². The number of thioether (sulfide) groups is 1. The summed E-state index contributed by atoms with van der Waals surface area (Å²) in [6.07, 6.45) is 1.38. The molecule has 1 atom stereocenters. The second kappa shape index (κ2) is 3.66. The van der Waals surface area contributed by atoms with E-state index in [1.54, 1.807) is 0 Å². The third kappa shape index (κ3) is 2.71. The first-order valence-electron chi connectivity index (χ1n) is 6.16. The average Bonchev–Trinajstić information content (AvgIpc) is 2.60. The highest BCUT2D eigenvalue weighted by atomic mass is 32.2. The third-order valence-corrected chi connectivity index (χ3v) is 5.06. The molecule has 0 saturated carbocycles. The lowest BCUT2D eigenvalue weighted by atomic mass is 9.74. The van der Waals surface area contributed by atoms with Gasteiger partial charge in [0.2, 0.25) is 0 Å². The zero-order valence-electron chi connectivity index (χ0n) is 10.8. The summed E-state index contributed by atoms with van der Waals surface area (Å²) in [5, 5.41) is 0.966. The Labute approximate surface area is 99.0 Å². The van der Waals surface area contributed by atoms with Crippen LogP contribution in [-0.2, 0) is 0 Å². The standard InChI is InChI=1S/C13H25NS/c1-12(2,3)10-7-14(8-10)13(4,5)6-11-9-15-11/h10-11H,6-9H2,1-5H3. The van der Waals surface area contributed by atoms with Crippen LogP contribution in [0, 0.1) is 11.3 Å². The zero-order chi connectivity index (χ0) is 11.3. The van der Waals surface area contributed by atoms with Gasteiger partial charge in [0, 0.05) is 29.6 Å². The molecule has 0 aromatic heterocycles. The minimum atomic E-state index is 0.440. The largest absolute Gasteiger partial charge is 0.297 e. The van der Waals surface area contributed by atoms with Crippen LogP contribution >= 0.6 is 11.8 Å². The van der Waals surface area contributed by atoms with E-state index in [1.165, 1.54) is 25.3 Å². The van der Waals surface area contributed by atoms with Crippen LogP contribution in [0.1, 0.15) is 41.0 Å². The van der Waals surface area contributed by atoms with E-state index in [0.717, 1.165) is 11.2 Å². The van der Waals surface area contributed by atoms with Crippen LogP contribution in [-0.4, -0.2) is 34.5 Å². The lowest BCUT2D eigenvalue weighted by molar-refractivity contribution is -0.0441.